The largest absolute Gasteiger partial charge is 0.325 e. The van der Waals surface area contributed by atoms with Gasteiger partial charge in [-0.05, 0) is 37.5 Å². The van der Waals surface area contributed by atoms with E-state index in [9.17, 15) is 9.59 Å². The van der Waals surface area contributed by atoms with E-state index in [0.717, 1.165) is 12.1 Å². The Hall–Kier alpha value is -1.57. The lowest BCUT2D eigenvalue weighted by molar-refractivity contribution is -0.122. The van der Waals surface area contributed by atoms with Crippen LogP contribution in [0.15, 0.2) is 28.4 Å². The molecule has 9 heteroatoms. The molecule has 1 heterocycles. The van der Waals surface area contributed by atoms with Gasteiger partial charge in [-0.15, -0.1) is 5.10 Å². The average molecular weight is 415 g/mol. The Bertz CT molecular complexity index is 765. The summed E-state index contributed by atoms with van der Waals surface area (Å²) in [4.78, 5) is 24.2. The monoisotopic (exact) mass is 414 g/mol. The number of benzene rings is 1. The second-order valence-electron chi connectivity index (χ2n) is 6.31. The van der Waals surface area contributed by atoms with Crippen LogP contribution >= 0.6 is 35.0 Å². The second kappa shape index (κ2) is 9.39. The van der Waals surface area contributed by atoms with E-state index in [2.05, 4.69) is 34.7 Å². The number of halogens is 2. The van der Waals surface area contributed by atoms with Crippen LogP contribution in [0.4, 0.5) is 5.69 Å². The zero-order chi connectivity index (χ0) is 19.3. The highest BCUT2D eigenvalue weighted by molar-refractivity contribution is 8.15. The van der Waals surface area contributed by atoms with Crippen molar-refractivity contribution in [2.45, 2.75) is 38.9 Å². The molecule has 1 saturated heterocycles. The van der Waals surface area contributed by atoms with Gasteiger partial charge >= 0.3 is 0 Å². The van der Waals surface area contributed by atoms with Crippen molar-refractivity contribution in [3.63, 3.8) is 0 Å². The maximum atomic E-state index is 12.2. The van der Waals surface area contributed by atoms with Gasteiger partial charge in [0.1, 0.15) is 5.25 Å². The van der Waals surface area contributed by atoms with Crippen molar-refractivity contribution in [3.8, 4) is 0 Å². The minimum absolute atomic E-state index is 0.00314. The van der Waals surface area contributed by atoms with Gasteiger partial charge in [0.2, 0.25) is 11.8 Å². The minimum atomic E-state index is -0.555. The molecule has 1 aliphatic rings. The lowest BCUT2D eigenvalue weighted by Crippen LogP contribution is -2.28. The van der Waals surface area contributed by atoms with E-state index in [1.54, 1.807) is 12.1 Å². The molecule has 1 aromatic rings. The van der Waals surface area contributed by atoms with Crippen LogP contribution in [0.25, 0.3) is 0 Å². The Kier molecular flexibility index (Phi) is 7.49. The number of rotatable bonds is 6. The first kappa shape index (κ1) is 20.7. The number of hydrogen-bond donors (Lipinski definition) is 2. The topological polar surface area (TPSA) is 82.9 Å². The quantitative estimate of drug-likeness (QED) is 0.536. The van der Waals surface area contributed by atoms with Gasteiger partial charge in [0, 0.05) is 17.2 Å². The van der Waals surface area contributed by atoms with Crippen LogP contribution in [0.2, 0.25) is 10.0 Å². The maximum Gasteiger partial charge on any atom is 0.240 e. The van der Waals surface area contributed by atoms with Gasteiger partial charge in [0.15, 0.2) is 5.17 Å². The van der Waals surface area contributed by atoms with Gasteiger partial charge in [-0.2, -0.15) is 5.10 Å². The molecule has 2 amide bonds. The molecular weight excluding hydrogens is 395 g/mol. The molecule has 0 aliphatic carbocycles. The van der Waals surface area contributed by atoms with E-state index in [1.165, 1.54) is 17.8 Å². The van der Waals surface area contributed by atoms with Crippen LogP contribution in [0.3, 0.4) is 0 Å². The summed E-state index contributed by atoms with van der Waals surface area (Å²) >= 11 is 13.1. The number of amidine groups is 1. The van der Waals surface area contributed by atoms with Crippen molar-refractivity contribution in [2.24, 2.45) is 16.1 Å². The van der Waals surface area contributed by atoms with E-state index < -0.39 is 5.25 Å². The zero-order valence-electron chi connectivity index (χ0n) is 14.7. The summed E-state index contributed by atoms with van der Waals surface area (Å²) in [5, 5.41) is 14.2. The molecule has 0 spiro atoms. The molecule has 2 rings (SSSR count). The Morgan fingerprint density at radius 3 is 2.77 bits per heavy atom. The molecule has 26 heavy (non-hydrogen) atoms. The van der Waals surface area contributed by atoms with Crippen molar-refractivity contribution in [1.82, 2.24) is 5.32 Å². The molecule has 1 aliphatic heterocycles. The summed E-state index contributed by atoms with van der Waals surface area (Å²) in [5.74, 6) is -0.0914. The van der Waals surface area contributed by atoms with Crippen LogP contribution in [0.5, 0.6) is 0 Å². The van der Waals surface area contributed by atoms with Gasteiger partial charge in [0.05, 0.1) is 10.7 Å². The number of nitrogens with one attached hydrogen (secondary N) is 2. The fourth-order valence-electron chi connectivity index (χ4n) is 2.31. The first-order valence-corrected chi connectivity index (χ1v) is 9.71. The van der Waals surface area contributed by atoms with Crippen LogP contribution in [-0.4, -0.2) is 27.9 Å². The molecule has 1 aromatic carbocycles. The van der Waals surface area contributed by atoms with Gasteiger partial charge in [-0.25, -0.2) is 0 Å². The zero-order valence-corrected chi connectivity index (χ0v) is 17.0. The lowest BCUT2D eigenvalue weighted by Gasteiger charge is -2.09. The van der Waals surface area contributed by atoms with Crippen LogP contribution in [-0.2, 0) is 9.59 Å². The van der Waals surface area contributed by atoms with E-state index in [1.807, 2.05) is 6.92 Å². The summed E-state index contributed by atoms with van der Waals surface area (Å²) in [7, 11) is 0. The first-order valence-electron chi connectivity index (χ1n) is 8.08. The molecule has 0 aromatic heterocycles. The summed E-state index contributed by atoms with van der Waals surface area (Å²) in [6.45, 7) is 6.09. The first-order chi connectivity index (χ1) is 12.2. The molecule has 0 saturated carbocycles. The fourth-order valence-corrected chi connectivity index (χ4v) is 3.68. The summed E-state index contributed by atoms with van der Waals surface area (Å²) in [6.07, 6.45) is 0.840. The number of amides is 2. The van der Waals surface area contributed by atoms with Crippen LogP contribution in [0, 0.1) is 5.92 Å². The van der Waals surface area contributed by atoms with Crippen molar-refractivity contribution in [1.29, 1.82) is 0 Å². The number of nitrogens with zero attached hydrogens (tertiary/aromatic N) is 2. The highest BCUT2D eigenvalue weighted by atomic mass is 35.5. The average Bonchev–Trinajstić information content (AvgIpc) is 2.87. The SMILES string of the molecule is C/C(CC(C)C)=N/N=C1\NC(=O)C(CC(=O)Nc2ccc(Cl)cc2Cl)S1. The Labute approximate surface area is 166 Å². The van der Waals surface area contributed by atoms with Gasteiger partial charge in [0.25, 0.3) is 0 Å². The number of anilines is 1. The minimum Gasteiger partial charge on any atom is -0.325 e. The van der Waals surface area contributed by atoms with E-state index >= 15 is 0 Å². The second-order valence-corrected chi connectivity index (χ2v) is 8.35. The molecule has 140 valence electrons. The van der Waals surface area contributed by atoms with Crippen molar-refractivity contribution in [2.75, 3.05) is 5.32 Å². The van der Waals surface area contributed by atoms with E-state index in [4.69, 9.17) is 23.2 Å². The third-order valence-corrected chi connectivity index (χ3v) is 4.99. The smallest absolute Gasteiger partial charge is 0.240 e. The van der Waals surface area contributed by atoms with E-state index in [0.29, 0.717) is 26.8 Å². The fraction of sp³-hybridized carbons (Fsp3) is 0.412. The van der Waals surface area contributed by atoms with Crippen LogP contribution in [0.1, 0.15) is 33.6 Å². The molecule has 1 unspecified atom stereocenters. The predicted molar refractivity (Wildman–Crippen MR) is 109 cm³/mol. The molecule has 1 fully saturated rings. The molecule has 1 atom stereocenters. The standard InChI is InChI=1S/C17H20Cl2N4O2S/c1-9(2)6-10(3)22-23-17-21-16(25)14(26-17)8-15(24)20-13-5-4-11(18)7-12(13)19/h4-5,7,9,14H,6,8H2,1-3H3,(H,20,24)(H,21,23,25)/b22-10-. The summed E-state index contributed by atoms with van der Waals surface area (Å²) in [6, 6.07) is 4.78. The Morgan fingerprint density at radius 1 is 1.38 bits per heavy atom. The Balaban J connectivity index is 1.93. The summed E-state index contributed by atoms with van der Waals surface area (Å²) < 4.78 is 0. The maximum absolute atomic E-state index is 12.2. The number of carbonyl (C=O) groups excluding carboxylic acids is 2. The normalized spacial score (nSPS) is 19.2. The van der Waals surface area contributed by atoms with Gasteiger partial charge < -0.3 is 10.6 Å². The molecule has 6 nitrogen and oxygen atoms in total. The van der Waals surface area contributed by atoms with Gasteiger partial charge in [-0.1, -0.05) is 48.8 Å². The lowest BCUT2D eigenvalue weighted by atomic mass is 10.1. The molecule has 0 radical (unpaired) electrons. The molecular formula is C17H20Cl2N4O2S. The Morgan fingerprint density at radius 2 is 2.12 bits per heavy atom. The van der Waals surface area contributed by atoms with Gasteiger partial charge in [-0.3, -0.25) is 9.59 Å². The van der Waals surface area contributed by atoms with Crippen molar-refractivity contribution >= 4 is 63.3 Å². The third kappa shape index (κ3) is 6.30. The van der Waals surface area contributed by atoms with Crippen molar-refractivity contribution < 1.29 is 9.59 Å². The number of thioether (sulfide) groups is 1. The summed E-state index contributed by atoms with van der Waals surface area (Å²) in [5.41, 5.74) is 1.34. The van der Waals surface area contributed by atoms with Crippen LogP contribution < -0.4 is 10.6 Å². The number of carbonyl (C=O) groups is 2. The molecule has 2 N–H and O–H groups in total. The van der Waals surface area contributed by atoms with Crippen molar-refractivity contribution in [3.05, 3.63) is 28.2 Å². The highest BCUT2D eigenvalue weighted by Crippen LogP contribution is 2.27. The highest BCUT2D eigenvalue weighted by Gasteiger charge is 2.32. The number of hydrogen-bond acceptors (Lipinski definition) is 5. The predicted octanol–water partition coefficient (Wildman–Crippen LogP) is 4.33. The van der Waals surface area contributed by atoms with E-state index in [-0.39, 0.29) is 18.2 Å². The molecule has 0 bridgehead atoms. The third-order valence-electron chi connectivity index (χ3n) is 3.37.